The lowest BCUT2D eigenvalue weighted by Crippen LogP contribution is -2.31. The maximum atomic E-state index is 13.6. The number of benzene rings is 2. The molecule has 0 unspecified atom stereocenters. The Kier molecular flexibility index (Phi) is 4.08. The van der Waals surface area contributed by atoms with Crippen LogP contribution in [0.3, 0.4) is 0 Å². The monoisotopic (exact) mass is 279 g/mol. The van der Waals surface area contributed by atoms with Crippen molar-refractivity contribution in [3.05, 3.63) is 65.5 Å². The summed E-state index contributed by atoms with van der Waals surface area (Å²) in [7, 11) is 0. The third-order valence-electron chi connectivity index (χ3n) is 2.86. The number of hydrogen-bond donors (Lipinski definition) is 0. The van der Waals surface area contributed by atoms with Crippen LogP contribution < -0.4 is 4.90 Å². The molecule has 2 rings (SSSR count). The quantitative estimate of drug-likeness (QED) is 0.837. The highest BCUT2D eigenvalue weighted by Crippen LogP contribution is 2.20. The Labute approximate surface area is 114 Å². The molecule has 0 saturated carbocycles. The summed E-state index contributed by atoms with van der Waals surface area (Å²) in [4.78, 5) is 13.4. The third kappa shape index (κ3) is 2.66. The highest BCUT2D eigenvalue weighted by atomic mass is 19.2. The summed E-state index contributed by atoms with van der Waals surface area (Å²) in [5.41, 5.74) is -0.0859. The van der Waals surface area contributed by atoms with Crippen LogP contribution in [-0.4, -0.2) is 12.5 Å². The lowest BCUT2D eigenvalue weighted by molar-refractivity contribution is 0.0983. The maximum absolute atomic E-state index is 13.6. The third-order valence-corrected chi connectivity index (χ3v) is 2.86. The molecule has 0 radical (unpaired) electrons. The molecular weight excluding hydrogens is 267 g/mol. The Balaban J connectivity index is 2.42. The van der Waals surface area contributed by atoms with Crippen LogP contribution in [0.5, 0.6) is 0 Å². The SMILES string of the molecule is CCN(C(=O)c1cccc(F)c1F)c1cccc(F)c1. The van der Waals surface area contributed by atoms with Crippen molar-refractivity contribution in [2.75, 3.05) is 11.4 Å². The molecule has 0 heterocycles. The Bertz CT molecular complexity index is 643. The van der Waals surface area contributed by atoms with Crippen LogP contribution in [0.15, 0.2) is 42.5 Å². The molecule has 20 heavy (non-hydrogen) atoms. The molecule has 0 aliphatic carbocycles. The normalized spacial score (nSPS) is 10.4. The summed E-state index contributed by atoms with van der Waals surface area (Å²) in [6.45, 7) is 1.87. The number of nitrogens with zero attached hydrogens (tertiary/aromatic N) is 1. The molecule has 2 aromatic carbocycles. The number of halogens is 3. The predicted molar refractivity (Wildman–Crippen MR) is 70.1 cm³/mol. The first-order valence-corrected chi connectivity index (χ1v) is 6.06. The van der Waals surface area contributed by atoms with E-state index in [1.807, 2.05) is 0 Å². The van der Waals surface area contributed by atoms with Crippen LogP contribution in [0.25, 0.3) is 0 Å². The summed E-state index contributed by atoms with van der Waals surface area (Å²) in [5.74, 6) is -3.51. The zero-order valence-corrected chi connectivity index (χ0v) is 10.7. The summed E-state index contributed by atoms with van der Waals surface area (Å²) < 4.78 is 40.0. The van der Waals surface area contributed by atoms with Gasteiger partial charge in [-0.2, -0.15) is 0 Å². The van der Waals surface area contributed by atoms with E-state index in [0.29, 0.717) is 5.69 Å². The minimum Gasteiger partial charge on any atom is -0.308 e. The van der Waals surface area contributed by atoms with Gasteiger partial charge < -0.3 is 4.90 Å². The van der Waals surface area contributed by atoms with Crippen molar-refractivity contribution in [1.82, 2.24) is 0 Å². The van der Waals surface area contributed by atoms with E-state index >= 15 is 0 Å². The van der Waals surface area contributed by atoms with Gasteiger partial charge in [0.15, 0.2) is 11.6 Å². The average Bonchev–Trinajstić information content (AvgIpc) is 2.42. The van der Waals surface area contributed by atoms with E-state index in [0.717, 1.165) is 6.07 Å². The highest BCUT2D eigenvalue weighted by Gasteiger charge is 2.21. The van der Waals surface area contributed by atoms with E-state index in [4.69, 9.17) is 0 Å². The van der Waals surface area contributed by atoms with Gasteiger partial charge in [0.2, 0.25) is 0 Å². The van der Waals surface area contributed by atoms with Crippen LogP contribution in [0.4, 0.5) is 18.9 Å². The van der Waals surface area contributed by atoms with E-state index in [1.165, 1.54) is 41.3 Å². The second-order valence-corrected chi connectivity index (χ2v) is 4.13. The van der Waals surface area contributed by atoms with Crippen molar-refractivity contribution in [3.8, 4) is 0 Å². The molecular formula is C15H12F3NO. The van der Waals surface area contributed by atoms with Crippen LogP contribution in [0, 0.1) is 17.5 Å². The van der Waals surface area contributed by atoms with Gasteiger partial charge in [0.1, 0.15) is 5.82 Å². The summed E-state index contributed by atoms with van der Waals surface area (Å²) in [6, 6.07) is 8.77. The average molecular weight is 279 g/mol. The second kappa shape index (κ2) is 5.77. The van der Waals surface area contributed by atoms with Crippen LogP contribution >= 0.6 is 0 Å². The summed E-state index contributed by atoms with van der Waals surface area (Å²) in [6.07, 6.45) is 0. The molecule has 0 aromatic heterocycles. The summed E-state index contributed by atoms with van der Waals surface area (Å²) >= 11 is 0. The van der Waals surface area contributed by atoms with E-state index in [-0.39, 0.29) is 12.1 Å². The number of hydrogen-bond acceptors (Lipinski definition) is 1. The van der Waals surface area contributed by atoms with E-state index < -0.39 is 23.4 Å². The van der Waals surface area contributed by atoms with Crippen molar-refractivity contribution in [2.24, 2.45) is 0 Å². The Morgan fingerprint density at radius 2 is 1.80 bits per heavy atom. The van der Waals surface area contributed by atoms with Gasteiger partial charge in [-0.3, -0.25) is 4.79 Å². The lowest BCUT2D eigenvalue weighted by atomic mass is 10.1. The van der Waals surface area contributed by atoms with Crippen LogP contribution in [0.2, 0.25) is 0 Å². The van der Waals surface area contributed by atoms with Crippen LogP contribution in [0.1, 0.15) is 17.3 Å². The van der Waals surface area contributed by atoms with Gasteiger partial charge in [0.25, 0.3) is 5.91 Å². The molecule has 0 aliphatic heterocycles. The molecule has 2 nitrogen and oxygen atoms in total. The number of anilines is 1. The minimum atomic E-state index is -1.20. The smallest absolute Gasteiger partial charge is 0.261 e. The van der Waals surface area contributed by atoms with Crippen molar-refractivity contribution in [3.63, 3.8) is 0 Å². The zero-order valence-electron chi connectivity index (χ0n) is 10.7. The first kappa shape index (κ1) is 14.1. The molecule has 0 bridgehead atoms. The van der Waals surface area contributed by atoms with Gasteiger partial charge in [-0.1, -0.05) is 12.1 Å². The number of rotatable bonds is 3. The Hall–Kier alpha value is -2.30. The molecule has 1 amide bonds. The van der Waals surface area contributed by atoms with E-state index in [9.17, 15) is 18.0 Å². The first-order valence-electron chi connectivity index (χ1n) is 6.06. The fraction of sp³-hybridized carbons (Fsp3) is 0.133. The lowest BCUT2D eigenvalue weighted by Gasteiger charge is -2.21. The van der Waals surface area contributed by atoms with Crippen LogP contribution in [-0.2, 0) is 0 Å². The standard InChI is InChI=1S/C15H12F3NO/c1-2-19(11-6-3-5-10(16)9-11)15(20)12-7-4-8-13(17)14(12)18/h3-9H,2H2,1H3. The van der Waals surface area contributed by atoms with Crippen molar-refractivity contribution < 1.29 is 18.0 Å². The molecule has 0 spiro atoms. The van der Waals surface area contributed by atoms with E-state index in [1.54, 1.807) is 6.92 Å². The highest BCUT2D eigenvalue weighted by molar-refractivity contribution is 6.06. The molecule has 0 aliphatic rings. The fourth-order valence-corrected chi connectivity index (χ4v) is 1.90. The van der Waals surface area contributed by atoms with Crippen molar-refractivity contribution >= 4 is 11.6 Å². The fourth-order valence-electron chi connectivity index (χ4n) is 1.90. The molecule has 0 atom stereocenters. The second-order valence-electron chi connectivity index (χ2n) is 4.13. The molecule has 0 N–H and O–H groups in total. The van der Waals surface area contributed by atoms with Gasteiger partial charge in [-0.15, -0.1) is 0 Å². The largest absolute Gasteiger partial charge is 0.308 e. The van der Waals surface area contributed by atoms with Gasteiger partial charge in [-0.05, 0) is 37.3 Å². The molecule has 2 aromatic rings. The van der Waals surface area contributed by atoms with Gasteiger partial charge in [0.05, 0.1) is 5.56 Å². The van der Waals surface area contributed by atoms with Gasteiger partial charge in [0, 0.05) is 12.2 Å². The first-order chi connectivity index (χ1) is 9.54. The predicted octanol–water partition coefficient (Wildman–Crippen LogP) is 3.77. The molecule has 0 saturated heterocycles. The summed E-state index contributed by atoms with van der Waals surface area (Å²) in [5, 5.41) is 0. The van der Waals surface area contributed by atoms with E-state index in [2.05, 4.69) is 0 Å². The zero-order chi connectivity index (χ0) is 14.7. The minimum absolute atomic E-state index is 0.207. The van der Waals surface area contributed by atoms with Gasteiger partial charge in [-0.25, -0.2) is 13.2 Å². The maximum Gasteiger partial charge on any atom is 0.261 e. The molecule has 0 fully saturated rings. The Morgan fingerprint density at radius 3 is 2.45 bits per heavy atom. The topological polar surface area (TPSA) is 20.3 Å². The number of amides is 1. The van der Waals surface area contributed by atoms with Crippen molar-refractivity contribution in [2.45, 2.75) is 6.92 Å². The molecule has 104 valence electrons. The number of carbonyl (C=O) groups excluding carboxylic acids is 1. The number of carbonyl (C=O) groups is 1. The Morgan fingerprint density at radius 1 is 1.10 bits per heavy atom. The van der Waals surface area contributed by atoms with Gasteiger partial charge >= 0.3 is 0 Å². The molecule has 5 heteroatoms. The van der Waals surface area contributed by atoms with Crippen molar-refractivity contribution in [1.29, 1.82) is 0 Å².